The highest BCUT2D eigenvalue weighted by Crippen LogP contribution is 2.19. The molecule has 1 fully saturated rings. The zero-order chi connectivity index (χ0) is 14.5. The fourth-order valence-electron chi connectivity index (χ4n) is 2.30. The highest BCUT2D eigenvalue weighted by atomic mass is 79.9. The third-order valence-electron chi connectivity index (χ3n) is 3.31. The number of carbonyl (C=O) groups excluding carboxylic acids is 1. The molecule has 1 aliphatic heterocycles. The molecule has 1 amide bonds. The van der Waals surface area contributed by atoms with Crippen LogP contribution in [-0.2, 0) is 9.59 Å². The fraction of sp³-hybridized carbons (Fsp3) is 0.429. The lowest BCUT2D eigenvalue weighted by atomic mass is 10.1. The summed E-state index contributed by atoms with van der Waals surface area (Å²) >= 11 is 3.18. The lowest BCUT2D eigenvalue weighted by Crippen LogP contribution is -2.43. The van der Waals surface area contributed by atoms with Crippen molar-refractivity contribution in [3.8, 4) is 0 Å². The van der Waals surface area contributed by atoms with Crippen LogP contribution in [0.5, 0.6) is 0 Å². The maximum absolute atomic E-state index is 12.2. The van der Waals surface area contributed by atoms with Gasteiger partial charge in [0.05, 0.1) is 0 Å². The quantitative estimate of drug-likeness (QED) is 0.858. The summed E-state index contributed by atoms with van der Waals surface area (Å²) in [6.07, 6.45) is 6.08. The maximum Gasteiger partial charge on any atom is 0.326 e. The summed E-state index contributed by atoms with van der Waals surface area (Å²) in [5.74, 6) is -0.673. The minimum Gasteiger partial charge on any atom is -0.480 e. The van der Waals surface area contributed by atoms with Crippen LogP contribution in [0, 0.1) is 0 Å². The number of carboxylic acid groups (broad SMARTS) is 1. The Hall–Kier alpha value is -1.56. The van der Waals surface area contributed by atoms with E-state index in [2.05, 4.69) is 15.9 Å². The van der Waals surface area contributed by atoms with Crippen LogP contribution in [0.15, 0.2) is 27.3 Å². The van der Waals surface area contributed by atoms with E-state index in [9.17, 15) is 14.7 Å². The molecule has 1 atom stereocenters. The Morgan fingerprint density at radius 2 is 2.15 bits per heavy atom. The monoisotopic (exact) mass is 341 g/mol. The summed E-state index contributed by atoms with van der Waals surface area (Å²) in [6, 6.07) is 2.74. The first kappa shape index (κ1) is 14.8. The van der Waals surface area contributed by atoms with E-state index in [1.54, 1.807) is 18.2 Å². The zero-order valence-electron chi connectivity index (χ0n) is 10.9. The molecule has 20 heavy (non-hydrogen) atoms. The summed E-state index contributed by atoms with van der Waals surface area (Å²) in [7, 11) is 0. The predicted octanol–water partition coefficient (Wildman–Crippen LogP) is 2.91. The molecule has 1 aromatic rings. The summed E-state index contributed by atoms with van der Waals surface area (Å²) in [5.41, 5.74) is 0. The first-order chi connectivity index (χ1) is 9.58. The minimum absolute atomic E-state index is 0.285. The van der Waals surface area contributed by atoms with Crippen LogP contribution in [0.25, 0.3) is 6.08 Å². The van der Waals surface area contributed by atoms with Gasteiger partial charge in [0.2, 0.25) is 5.91 Å². The van der Waals surface area contributed by atoms with Crippen molar-refractivity contribution >= 4 is 33.9 Å². The first-order valence-electron chi connectivity index (χ1n) is 6.55. The second-order valence-corrected chi connectivity index (χ2v) is 5.49. The van der Waals surface area contributed by atoms with Gasteiger partial charge in [-0.05, 0) is 47.0 Å². The number of carbonyl (C=O) groups is 2. The third-order valence-corrected chi connectivity index (χ3v) is 3.73. The number of halogens is 1. The first-order valence-corrected chi connectivity index (χ1v) is 7.34. The number of likely N-dealkylation sites (tertiary alicyclic amines) is 1. The molecule has 1 N–H and O–H groups in total. The zero-order valence-corrected chi connectivity index (χ0v) is 12.5. The average molecular weight is 342 g/mol. The molecule has 1 saturated heterocycles. The molecule has 2 heterocycles. The molecule has 0 spiro atoms. The molecule has 1 aliphatic rings. The van der Waals surface area contributed by atoms with Gasteiger partial charge in [0.15, 0.2) is 4.67 Å². The number of amides is 1. The normalized spacial score (nSPS) is 20.1. The maximum atomic E-state index is 12.2. The second-order valence-electron chi connectivity index (χ2n) is 4.71. The Kier molecular flexibility index (Phi) is 5.00. The van der Waals surface area contributed by atoms with Gasteiger partial charge in [-0.2, -0.15) is 0 Å². The molecular formula is C14H16BrNO4. The van der Waals surface area contributed by atoms with Gasteiger partial charge in [0.25, 0.3) is 0 Å². The van der Waals surface area contributed by atoms with E-state index in [1.165, 1.54) is 11.0 Å². The molecule has 0 aromatic carbocycles. The third kappa shape index (κ3) is 3.72. The summed E-state index contributed by atoms with van der Waals surface area (Å²) < 4.78 is 5.85. The van der Waals surface area contributed by atoms with Crippen LogP contribution in [0.1, 0.15) is 31.4 Å². The molecule has 0 aliphatic carbocycles. The van der Waals surface area contributed by atoms with E-state index in [1.807, 2.05) is 0 Å². The highest BCUT2D eigenvalue weighted by Gasteiger charge is 2.29. The predicted molar refractivity (Wildman–Crippen MR) is 77.0 cm³/mol. The topological polar surface area (TPSA) is 70.8 Å². The molecule has 108 valence electrons. The van der Waals surface area contributed by atoms with Crippen LogP contribution in [0.2, 0.25) is 0 Å². The Labute approximate surface area is 125 Å². The Morgan fingerprint density at radius 1 is 1.35 bits per heavy atom. The molecule has 0 radical (unpaired) electrons. The van der Waals surface area contributed by atoms with Gasteiger partial charge >= 0.3 is 5.97 Å². The molecule has 5 nitrogen and oxygen atoms in total. The number of hydrogen-bond acceptors (Lipinski definition) is 3. The molecule has 0 bridgehead atoms. The van der Waals surface area contributed by atoms with Crippen molar-refractivity contribution in [3.63, 3.8) is 0 Å². The van der Waals surface area contributed by atoms with Crippen molar-refractivity contribution in [2.75, 3.05) is 6.54 Å². The van der Waals surface area contributed by atoms with Crippen LogP contribution in [-0.4, -0.2) is 34.5 Å². The number of carboxylic acids is 1. The summed E-state index contributed by atoms with van der Waals surface area (Å²) in [6.45, 7) is 0.488. The number of nitrogens with zero attached hydrogens (tertiary/aromatic N) is 1. The van der Waals surface area contributed by atoms with E-state index in [0.29, 0.717) is 23.4 Å². The lowest BCUT2D eigenvalue weighted by Gasteiger charge is -2.25. The summed E-state index contributed by atoms with van der Waals surface area (Å²) in [4.78, 5) is 24.9. The van der Waals surface area contributed by atoms with E-state index in [4.69, 9.17) is 4.42 Å². The van der Waals surface area contributed by atoms with Gasteiger partial charge in [-0.25, -0.2) is 4.79 Å². The van der Waals surface area contributed by atoms with Gasteiger partial charge < -0.3 is 14.4 Å². The van der Waals surface area contributed by atoms with Gasteiger partial charge in [0, 0.05) is 12.6 Å². The standard InChI is InChI=1S/C14H16BrNO4/c15-12-7-5-10(20-12)6-8-13(17)16-9-3-1-2-4-11(16)14(18)19/h5-8,11H,1-4,9H2,(H,18,19). The second kappa shape index (κ2) is 6.74. The molecule has 1 aromatic heterocycles. The number of hydrogen-bond donors (Lipinski definition) is 1. The lowest BCUT2D eigenvalue weighted by molar-refractivity contribution is -0.148. The molecular weight excluding hydrogens is 326 g/mol. The van der Waals surface area contributed by atoms with Crippen LogP contribution >= 0.6 is 15.9 Å². The van der Waals surface area contributed by atoms with Crippen molar-refractivity contribution in [2.45, 2.75) is 31.7 Å². The smallest absolute Gasteiger partial charge is 0.326 e. The number of furan rings is 1. The van der Waals surface area contributed by atoms with Crippen molar-refractivity contribution in [2.24, 2.45) is 0 Å². The van der Waals surface area contributed by atoms with Crippen LogP contribution in [0.3, 0.4) is 0 Å². The van der Waals surface area contributed by atoms with E-state index < -0.39 is 12.0 Å². The minimum atomic E-state index is -0.936. The number of rotatable bonds is 3. The highest BCUT2D eigenvalue weighted by molar-refractivity contribution is 9.10. The Morgan fingerprint density at radius 3 is 2.80 bits per heavy atom. The van der Waals surface area contributed by atoms with E-state index in [-0.39, 0.29) is 5.91 Å². The van der Waals surface area contributed by atoms with Gasteiger partial charge in [-0.3, -0.25) is 4.79 Å². The summed E-state index contributed by atoms with van der Waals surface area (Å²) in [5, 5.41) is 9.23. The van der Waals surface area contributed by atoms with Gasteiger partial charge in [0.1, 0.15) is 11.8 Å². The SMILES string of the molecule is O=C(O)C1CCCCCN1C(=O)C=Cc1ccc(Br)o1. The number of aliphatic carboxylic acids is 1. The van der Waals surface area contributed by atoms with Gasteiger partial charge in [-0.15, -0.1) is 0 Å². The van der Waals surface area contributed by atoms with Crippen LogP contribution in [0.4, 0.5) is 0 Å². The molecule has 6 heteroatoms. The molecule has 2 rings (SSSR count). The van der Waals surface area contributed by atoms with Crippen LogP contribution < -0.4 is 0 Å². The fourth-order valence-corrected chi connectivity index (χ4v) is 2.61. The van der Waals surface area contributed by atoms with Gasteiger partial charge in [-0.1, -0.05) is 12.8 Å². The average Bonchev–Trinajstić information content (AvgIpc) is 2.68. The van der Waals surface area contributed by atoms with E-state index in [0.717, 1.165) is 19.3 Å². The Balaban J connectivity index is 2.08. The van der Waals surface area contributed by atoms with E-state index >= 15 is 0 Å². The van der Waals surface area contributed by atoms with Crippen molar-refractivity contribution in [3.05, 3.63) is 28.6 Å². The van der Waals surface area contributed by atoms with Crippen molar-refractivity contribution in [1.82, 2.24) is 4.90 Å². The van der Waals surface area contributed by atoms with Crippen molar-refractivity contribution in [1.29, 1.82) is 0 Å². The molecule has 1 unspecified atom stereocenters. The molecule has 0 saturated carbocycles. The largest absolute Gasteiger partial charge is 0.480 e. The van der Waals surface area contributed by atoms with Crippen molar-refractivity contribution < 1.29 is 19.1 Å². The Bertz CT molecular complexity index is 523.